The third-order valence-electron chi connectivity index (χ3n) is 4.91. The predicted octanol–water partition coefficient (Wildman–Crippen LogP) is 8.28. The standard InChI is InChI=1S/C27H27FINO/c1-3-18-31-25-15-12-22(13-16-25)21-8-10-23(11-9-21)27-17-14-24(19-30-27)26(29)7-5-4-6-20(2)28/h3,7-17,19-20H,1,4-6,18H2,2H3. The third kappa shape index (κ3) is 7.03. The van der Waals surface area contributed by atoms with Gasteiger partial charge < -0.3 is 4.74 Å². The van der Waals surface area contributed by atoms with Gasteiger partial charge in [0.1, 0.15) is 12.4 Å². The molecule has 1 atom stereocenters. The Kier molecular flexibility index (Phi) is 8.83. The van der Waals surface area contributed by atoms with Crippen LogP contribution in [0.1, 0.15) is 31.7 Å². The zero-order valence-electron chi connectivity index (χ0n) is 17.7. The predicted molar refractivity (Wildman–Crippen MR) is 137 cm³/mol. The number of ether oxygens (including phenoxy) is 1. The van der Waals surface area contributed by atoms with Crippen molar-refractivity contribution in [3.63, 3.8) is 0 Å². The first-order valence-corrected chi connectivity index (χ1v) is 11.6. The molecule has 2 nitrogen and oxygen atoms in total. The van der Waals surface area contributed by atoms with E-state index in [0.29, 0.717) is 13.0 Å². The monoisotopic (exact) mass is 527 g/mol. The highest BCUT2D eigenvalue weighted by Gasteiger charge is 2.04. The van der Waals surface area contributed by atoms with Gasteiger partial charge in [-0.1, -0.05) is 61.2 Å². The van der Waals surface area contributed by atoms with Crippen LogP contribution in [0.15, 0.2) is 85.6 Å². The summed E-state index contributed by atoms with van der Waals surface area (Å²) in [5, 5.41) is 0. The second kappa shape index (κ2) is 11.8. The van der Waals surface area contributed by atoms with Crippen molar-refractivity contribution in [2.45, 2.75) is 32.4 Å². The Morgan fingerprint density at radius 3 is 2.26 bits per heavy atom. The number of hydrogen-bond acceptors (Lipinski definition) is 2. The maximum absolute atomic E-state index is 12.9. The van der Waals surface area contributed by atoms with E-state index in [9.17, 15) is 4.39 Å². The van der Waals surface area contributed by atoms with Gasteiger partial charge in [-0.15, -0.1) is 0 Å². The maximum Gasteiger partial charge on any atom is 0.119 e. The van der Waals surface area contributed by atoms with E-state index >= 15 is 0 Å². The average Bonchev–Trinajstić information content (AvgIpc) is 2.81. The van der Waals surface area contributed by atoms with Gasteiger partial charge in [0.15, 0.2) is 0 Å². The summed E-state index contributed by atoms with van der Waals surface area (Å²) in [7, 11) is 0. The number of aromatic nitrogens is 1. The highest BCUT2D eigenvalue weighted by molar-refractivity contribution is 14.1. The van der Waals surface area contributed by atoms with Gasteiger partial charge in [0.25, 0.3) is 0 Å². The van der Waals surface area contributed by atoms with E-state index in [-0.39, 0.29) is 0 Å². The molecule has 3 rings (SSSR count). The number of nitrogens with zero attached hydrogens (tertiary/aromatic N) is 1. The fraction of sp³-hybridized carbons (Fsp3) is 0.222. The molecule has 0 spiro atoms. The Balaban J connectivity index is 1.64. The summed E-state index contributed by atoms with van der Waals surface area (Å²) in [6.45, 7) is 5.78. The highest BCUT2D eigenvalue weighted by atomic mass is 127. The molecule has 0 aliphatic heterocycles. The lowest BCUT2D eigenvalue weighted by atomic mass is 10.0. The Labute approximate surface area is 198 Å². The molecule has 1 unspecified atom stereocenters. The zero-order chi connectivity index (χ0) is 22.1. The summed E-state index contributed by atoms with van der Waals surface area (Å²) in [6.07, 6.45) is 7.43. The zero-order valence-corrected chi connectivity index (χ0v) is 19.9. The highest BCUT2D eigenvalue weighted by Crippen LogP contribution is 2.27. The number of halogens is 2. The molecule has 0 amide bonds. The second-order valence-corrected chi connectivity index (χ2v) is 8.56. The minimum absolute atomic E-state index is 0.507. The topological polar surface area (TPSA) is 22.1 Å². The largest absolute Gasteiger partial charge is 0.490 e. The number of benzene rings is 2. The van der Waals surface area contributed by atoms with Crippen molar-refractivity contribution in [1.82, 2.24) is 4.98 Å². The SMILES string of the molecule is C=CCOc1ccc(-c2ccc(-c3ccc(C(I)=CCCCC(C)F)cn3)cc2)cc1. The van der Waals surface area contributed by atoms with Crippen LogP contribution in [0.3, 0.4) is 0 Å². The molecule has 2 aromatic carbocycles. The van der Waals surface area contributed by atoms with Crippen LogP contribution in [0.5, 0.6) is 5.75 Å². The number of rotatable bonds is 10. The van der Waals surface area contributed by atoms with E-state index in [1.165, 1.54) is 0 Å². The fourth-order valence-corrected chi connectivity index (χ4v) is 3.81. The van der Waals surface area contributed by atoms with Gasteiger partial charge in [0.05, 0.1) is 11.9 Å². The normalized spacial score (nSPS) is 12.4. The van der Waals surface area contributed by atoms with Gasteiger partial charge in [-0.05, 0) is 78.1 Å². The molecule has 3 aromatic rings. The van der Waals surface area contributed by atoms with Crippen molar-refractivity contribution in [2.75, 3.05) is 6.61 Å². The number of pyridine rings is 1. The van der Waals surface area contributed by atoms with Crippen molar-refractivity contribution in [2.24, 2.45) is 0 Å². The molecule has 4 heteroatoms. The van der Waals surface area contributed by atoms with Crippen LogP contribution in [-0.2, 0) is 0 Å². The van der Waals surface area contributed by atoms with Crippen LogP contribution in [0, 0.1) is 0 Å². The van der Waals surface area contributed by atoms with Crippen molar-refractivity contribution in [1.29, 1.82) is 0 Å². The van der Waals surface area contributed by atoms with Gasteiger partial charge in [-0.2, -0.15) is 0 Å². The molecular formula is C27H27FINO. The minimum Gasteiger partial charge on any atom is -0.490 e. The van der Waals surface area contributed by atoms with Crippen molar-refractivity contribution < 1.29 is 9.13 Å². The lowest BCUT2D eigenvalue weighted by Crippen LogP contribution is -1.92. The van der Waals surface area contributed by atoms with E-state index in [2.05, 4.69) is 82.7 Å². The van der Waals surface area contributed by atoms with E-state index in [0.717, 1.165) is 50.1 Å². The number of unbranched alkanes of at least 4 members (excludes halogenated alkanes) is 1. The maximum atomic E-state index is 12.9. The second-order valence-electron chi connectivity index (χ2n) is 7.40. The van der Waals surface area contributed by atoms with Crippen LogP contribution in [0.4, 0.5) is 4.39 Å². The first kappa shape index (κ1) is 23.2. The molecule has 0 saturated carbocycles. The van der Waals surface area contributed by atoms with Crippen LogP contribution < -0.4 is 4.74 Å². The molecule has 160 valence electrons. The van der Waals surface area contributed by atoms with E-state index in [1.807, 2.05) is 24.4 Å². The molecule has 0 N–H and O–H groups in total. The van der Waals surface area contributed by atoms with Crippen LogP contribution in [-0.4, -0.2) is 17.8 Å². The van der Waals surface area contributed by atoms with Crippen LogP contribution in [0.25, 0.3) is 26.0 Å². The van der Waals surface area contributed by atoms with E-state index < -0.39 is 6.17 Å². The molecule has 0 bridgehead atoms. The summed E-state index contributed by atoms with van der Waals surface area (Å²) in [4.78, 5) is 4.64. The molecule has 0 saturated heterocycles. The Morgan fingerprint density at radius 1 is 1.03 bits per heavy atom. The van der Waals surface area contributed by atoms with Crippen molar-refractivity contribution >= 4 is 26.2 Å². The van der Waals surface area contributed by atoms with E-state index in [4.69, 9.17) is 4.74 Å². The smallest absolute Gasteiger partial charge is 0.119 e. The lowest BCUT2D eigenvalue weighted by molar-refractivity contribution is 0.335. The molecule has 0 fully saturated rings. The first-order chi connectivity index (χ1) is 15.1. The fourth-order valence-electron chi connectivity index (χ4n) is 3.18. The molecule has 0 aliphatic rings. The van der Waals surface area contributed by atoms with Crippen LogP contribution >= 0.6 is 22.6 Å². The number of hydrogen-bond donors (Lipinski definition) is 0. The van der Waals surface area contributed by atoms with Crippen molar-refractivity contribution in [3.05, 3.63) is 91.2 Å². The molecule has 0 radical (unpaired) electrons. The van der Waals surface area contributed by atoms with Crippen molar-refractivity contribution in [3.8, 4) is 28.1 Å². The van der Waals surface area contributed by atoms with Gasteiger partial charge in [0.2, 0.25) is 0 Å². The number of allylic oxidation sites excluding steroid dienone is 1. The van der Waals surface area contributed by atoms with Gasteiger partial charge in [-0.3, -0.25) is 4.98 Å². The molecule has 31 heavy (non-hydrogen) atoms. The Bertz CT molecular complexity index is 993. The van der Waals surface area contributed by atoms with Gasteiger partial charge >= 0.3 is 0 Å². The molecule has 1 aromatic heterocycles. The van der Waals surface area contributed by atoms with Gasteiger partial charge in [0, 0.05) is 20.9 Å². The summed E-state index contributed by atoms with van der Waals surface area (Å²) in [6, 6.07) is 20.6. The molecular weight excluding hydrogens is 500 g/mol. The molecule has 1 heterocycles. The summed E-state index contributed by atoms with van der Waals surface area (Å²) < 4.78 is 19.6. The average molecular weight is 527 g/mol. The summed E-state index contributed by atoms with van der Waals surface area (Å²) in [5.41, 5.74) is 5.41. The third-order valence-corrected chi connectivity index (χ3v) is 5.97. The van der Waals surface area contributed by atoms with E-state index in [1.54, 1.807) is 13.0 Å². The number of alkyl halides is 1. The molecule has 0 aliphatic carbocycles. The summed E-state index contributed by atoms with van der Waals surface area (Å²) >= 11 is 2.32. The first-order valence-electron chi connectivity index (χ1n) is 10.5. The minimum atomic E-state index is -0.728. The Morgan fingerprint density at radius 2 is 1.68 bits per heavy atom. The Hall–Kier alpha value is -2.47. The summed E-state index contributed by atoms with van der Waals surface area (Å²) in [5.74, 6) is 0.838. The van der Waals surface area contributed by atoms with Crippen LogP contribution in [0.2, 0.25) is 0 Å². The quantitative estimate of drug-likeness (QED) is 0.150. The van der Waals surface area contributed by atoms with Gasteiger partial charge in [-0.25, -0.2) is 4.39 Å². The lowest BCUT2D eigenvalue weighted by Gasteiger charge is -2.07.